The number of ketones is 1. The normalized spacial score (nSPS) is 10.6. The molecule has 0 radical (unpaired) electrons. The lowest BCUT2D eigenvalue weighted by Crippen LogP contribution is -2.10. The average molecular weight is 268 g/mol. The molecule has 0 aliphatic heterocycles. The van der Waals surface area contributed by atoms with Crippen LogP contribution in [0.4, 0.5) is 17.6 Å². The Balaban J connectivity index is 2.56. The van der Waals surface area contributed by atoms with Gasteiger partial charge in [0.2, 0.25) is 5.78 Å². The third kappa shape index (κ3) is 2.50. The van der Waals surface area contributed by atoms with Crippen LogP contribution in [-0.2, 0) is 0 Å². The van der Waals surface area contributed by atoms with E-state index in [0.29, 0.717) is 17.7 Å². The van der Waals surface area contributed by atoms with Gasteiger partial charge in [-0.3, -0.25) is 4.79 Å². The molecular weight excluding hydrogens is 260 g/mol. The summed E-state index contributed by atoms with van der Waals surface area (Å²) in [6.07, 6.45) is 0. The van der Waals surface area contributed by atoms with Crippen LogP contribution >= 0.6 is 0 Å². The van der Waals surface area contributed by atoms with Crippen molar-refractivity contribution in [2.75, 3.05) is 0 Å². The summed E-state index contributed by atoms with van der Waals surface area (Å²) in [5, 5.41) is 0. The van der Waals surface area contributed by atoms with Crippen molar-refractivity contribution < 1.29 is 22.4 Å². The van der Waals surface area contributed by atoms with Crippen molar-refractivity contribution >= 4 is 5.78 Å². The van der Waals surface area contributed by atoms with Gasteiger partial charge < -0.3 is 0 Å². The van der Waals surface area contributed by atoms with E-state index in [4.69, 9.17) is 0 Å². The van der Waals surface area contributed by atoms with Gasteiger partial charge in [0.25, 0.3) is 0 Å². The molecule has 2 rings (SSSR count). The molecule has 1 nitrogen and oxygen atoms in total. The molecule has 98 valence electrons. The van der Waals surface area contributed by atoms with E-state index in [-0.39, 0.29) is 0 Å². The van der Waals surface area contributed by atoms with Gasteiger partial charge in [-0.15, -0.1) is 0 Å². The van der Waals surface area contributed by atoms with Gasteiger partial charge in [0, 0.05) is 12.1 Å². The number of hydrogen-bond acceptors (Lipinski definition) is 1. The summed E-state index contributed by atoms with van der Waals surface area (Å²) in [5.74, 6) is -5.90. The van der Waals surface area contributed by atoms with Gasteiger partial charge in [-0.25, -0.2) is 17.6 Å². The third-order valence-electron chi connectivity index (χ3n) is 2.60. The Morgan fingerprint density at radius 3 is 2.00 bits per heavy atom. The average Bonchev–Trinajstić information content (AvgIpc) is 2.26. The van der Waals surface area contributed by atoms with E-state index < -0.39 is 40.2 Å². The standard InChI is InChI=1S/C14H8F4O/c1-7-2-3-9(10(16)4-7)14(19)13-11(17)5-8(15)6-12(13)18/h2-6H,1H3. The van der Waals surface area contributed by atoms with Crippen molar-refractivity contribution in [1.82, 2.24) is 0 Å². The van der Waals surface area contributed by atoms with Gasteiger partial charge in [0.05, 0.1) is 11.1 Å². The zero-order valence-electron chi connectivity index (χ0n) is 9.81. The summed E-state index contributed by atoms with van der Waals surface area (Å²) in [5.41, 5.74) is -0.867. The van der Waals surface area contributed by atoms with E-state index in [0.717, 1.165) is 12.1 Å². The van der Waals surface area contributed by atoms with Gasteiger partial charge >= 0.3 is 0 Å². The molecule has 5 heteroatoms. The minimum absolute atomic E-state index is 0.377. The fraction of sp³-hybridized carbons (Fsp3) is 0.0714. The first-order chi connectivity index (χ1) is 8.90. The number of halogens is 4. The molecule has 0 aromatic heterocycles. The number of carbonyl (C=O) groups excluding carboxylic acids is 1. The molecule has 0 heterocycles. The maximum absolute atomic E-state index is 13.6. The molecule has 0 saturated heterocycles. The molecule has 0 amide bonds. The zero-order valence-corrected chi connectivity index (χ0v) is 9.81. The summed E-state index contributed by atoms with van der Waals surface area (Å²) >= 11 is 0. The summed E-state index contributed by atoms with van der Waals surface area (Å²) in [4.78, 5) is 11.9. The van der Waals surface area contributed by atoms with Crippen molar-refractivity contribution in [2.24, 2.45) is 0 Å². The predicted octanol–water partition coefficient (Wildman–Crippen LogP) is 3.78. The smallest absolute Gasteiger partial charge is 0.201 e. The molecule has 2 aromatic rings. The Morgan fingerprint density at radius 2 is 1.47 bits per heavy atom. The molecule has 0 spiro atoms. The lowest BCUT2D eigenvalue weighted by Gasteiger charge is -2.06. The molecule has 0 aliphatic carbocycles. The van der Waals surface area contributed by atoms with Crippen LogP contribution < -0.4 is 0 Å². The van der Waals surface area contributed by atoms with E-state index in [9.17, 15) is 22.4 Å². The zero-order chi connectivity index (χ0) is 14.2. The second-order valence-corrected chi connectivity index (χ2v) is 4.06. The van der Waals surface area contributed by atoms with E-state index in [1.54, 1.807) is 6.92 Å². The molecule has 0 unspecified atom stereocenters. The van der Waals surface area contributed by atoms with Crippen LogP contribution in [0.25, 0.3) is 0 Å². The topological polar surface area (TPSA) is 17.1 Å². The minimum atomic E-state index is -1.36. The van der Waals surface area contributed by atoms with E-state index in [2.05, 4.69) is 0 Å². The molecule has 0 saturated carbocycles. The van der Waals surface area contributed by atoms with Crippen LogP contribution in [0.2, 0.25) is 0 Å². The Bertz CT molecular complexity index is 641. The number of hydrogen-bond donors (Lipinski definition) is 0. The highest BCUT2D eigenvalue weighted by Crippen LogP contribution is 2.21. The van der Waals surface area contributed by atoms with Crippen molar-refractivity contribution in [1.29, 1.82) is 0 Å². The Hall–Kier alpha value is -2.17. The monoisotopic (exact) mass is 268 g/mol. The summed E-state index contributed by atoms with van der Waals surface area (Å²) in [6, 6.07) is 4.41. The maximum atomic E-state index is 13.6. The Labute approximate surface area is 106 Å². The number of rotatable bonds is 2. The van der Waals surface area contributed by atoms with Crippen LogP contribution in [0, 0.1) is 30.2 Å². The fourth-order valence-corrected chi connectivity index (χ4v) is 1.70. The van der Waals surface area contributed by atoms with Gasteiger partial charge in [-0.05, 0) is 24.6 Å². The minimum Gasteiger partial charge on any atom is -0.288 e. The SMILES string of the molecule is Cc1ccc(C(=O)c2c(F)cc(F)cc2F)c(F)c1. The lowest BCUT2D eigenvalue weighted by molar-refractivity contribution is 0.102. The van der Waals surface area contributed by atoms with E-state index in [1.807, 2.05) is 0 Å². The Kier molecular flexibility index (Phi) is 3.38. The number of carbonyl (C=O) groups is 1. The molecule has 2 aromatic carbocycles. The second-order valence-electron chi connectivity index (χ2n) is 4.06. The van der Waals surface area contributed by atoms with Gasteiger partial charge in [-0.2, -0.15) is 0 Å². The van der Waals surface area contributed by atoms with Crippen molar-refractivity contribution in [3.8, 4) is 0 Å². The van der Waals surface area contributed by atoms with Gasteiger partial charge in [0.1, 0.15) is 23.3 Å². The van der Waals surface area contributed by atoms with Gasteiger partial charge in [0.15, 0.2) is 0 Å². The quantitative estimate of drug-likeness (QED) is 0.598. The van der Waals surface area contributed by atoms with E-state index >= 15 is 0 Å². The summed E-state index contributed by atoms with van der Waals surface area (Å²) in [6.45, 7) is 1.61. The maximum Gasteiger partial charge on any atom is 0.201 e. The molecule has 0 N–H and O–H groups in total. The molecule has 0 fully saturated rings. The molecule has 19 heavy (non-hydrogen) atoms. The van der Waals surface area contributed by atoms with Crippen LogP contribution in [0.3, 0.4) is 0 Å². The predicted molar refractivity (Wildman–Crippen MR) is 60.9 cm³/mol. The lowest BCUT2D eigenvalue weighted by atomic mass is 10.0. The van der Waals surface area contributed by atoms with Crippen LogP contribution in [0.1, 0.15) is 21.5 Å². The third-order valence-corrected chi connectivity index (χ3v) is 2.60. The van der Waals surface area contributed by atoms with Gasteiger partial charge in [-0.1, -0.05) is 6.07 Å². The largest absolute Gasteiger partial charge is 0.288 e. The van der Waals surface area contributed by atoms with Crippen molar-refractivity contribution in [3.63, 3.8) is 0 Å². The van der Waals surface area contributed by atoms with Crippen molar-refractivity contribution in [2.45, 2.75) is 6.92 Å². The first-order valence-corrected chi connectivity index (χ1v) is 5.35. The second kappa shape index (κ2) is 4.84. The highest BCUT2D eigenvalue weighted by Gasteiger charge is 2.22. The first-order valence-electron chi connectivity index (χ1n) is 5.35. The molecular formula is C14H8F4O. The molecule has 0 aliphatic rings. The van der Waals surface area contributed by atoms with Crippen molar-refractivity contribution in [3.05, 3.63) is 70.3 Å². The van der Waals surface area contributed by atoms with Crippen LogP contribution in [-0.4, -0.2) is 5.78 Å². The molecule has 0 atom stereocenters. The summed E-state index contributed by atoms with van der Waals surface area (Å²) < 4.78 is 53.2. The van der Waals surface area contributed by atoms with Crippen LogP contribution in [0.5, 0.6) is 0 Å². The number of aryl methyl sites for hydroxylation is 1. The number of benzene rings is 2. The first kappa shape index (κ1) is 13.3. The fourth-order valence-electron chi connectivity index (χ4n) is 1.70. The highest BCUT2D eigenvalue weighted by atomic mass is 19.1. The van der Waals surface area contributed by atoms with Crippen LogP contribution in [0.15, 0.2) is 30.3 Å². The molecule has 0 bridgehead atoms. The summed E-state index contributed by atoms with van der Waals surface area (Å²) in [7, 11) is 0. The van der Waals surface area contributed by atoms with E-state index in [1.165, 1.54) is 6.07 Å². The Morgan fingerprint density at radius 1 is 0.895 bits per heavy atom. The highest BCUT2D eigenvalue weighted by molar-refractivity contribution is 6.09.